The van der Waals surface area contributed by atoms with Gasteiger partial charge in [-0.05, 0) is 41.4 Å². The third-order valence-electron chi connectivity index (χ3n) is 2.82. The predicted octanol–water partition coefficient (Wildman–Crippen LogP) is 3.57. The van der Waals surface area contributed by atoms with Crippen LogP contribution in [-0.4, -0.2) is 17.4 Å². The summed E-state index contributed by atoms with van der Waals surface area (Å²) in [4.78, 5) is 13.4. The number of benzene rings is 1. The number of amides is 1. The topological polar surface area (TPSA) is 20.3 Å². The zero-order valence-corrected chi connectivity index (χ0v) is 11.1. The maximum Gasteiger partial charge on any atom is 0.227 e. The Balaban J connectivity index is 2.52. The average molecular weight is 298 g/mol. The molecule has 1 amide bonds. The van der Waals surface area contributed by atoms with E-state index in [0.717, 1.165) is 0 Å². The fourth-order valence-electron chi connectivity index (χ4n) is 2.04. The molecule has 4 heteroatoms. The molecular formula is C13H13BrFNO. The minimum absolute atomic E-state index is 0.0557. The van der Waals surface area contributed by atoms with Gasteiger partial charge in [0.05, 0.1) is 5.70 Å². The second kappa shape index (κ2) is 5.00. The fraction of sp³-hybridized carbons (Fsp3) is 0.308. The normalized spacial score (nSPS) is 16.1. The van der Waals surface area contributed by atoms with Crippen molar-refractivity contribution in [2.75, 3.05) is 6.54 Å². The van der Waals surface area contributed by atoms with Gasteiger partial charge in [0.15, 0.2) is 0 Å². The first kappa shape index (κ1) is 12.3. The highest BCUT2D eigenvalue weighted by Gasteiger charge is 2.24. The Kier molecular flexibility index (Phi) is 3.62. The average Bonchev–Trinajstić information content (AvgIpc) is 2.29. The van der Waals surface area contributed by atoms with Gasteiger partial charge in [-0.3, -0.25) is 4.79 Å². The van der Waals surface area contributed by atoms with Crippen molar-refractivity contribution < 1.29 is 9.18 Å². The third-order valence-corrected chi connectivity index (χ3v) is 3.48. The summed E-state index contributed by atoms with van der Waals surface area (Å²) in [5, 5.41) is 0. The fourth-order valence-corrected chi connectivity index (χ4v) is 2.58. The number of halogens is 2. The molecule has 0 spiro atoms. The van der Waals surface area contributed by atoms with E-state index in [-0.39, 0.29) is 11.7 Å². The van der Waals surface area contributed by atoms with E-state index in [0.29, 0.717) is 35.1 Å². The Hall–Kier alpha value is -1.16. The lowest BCUT2D eigenvalue weighted by Crippen LogP contribution is -2.32. The number of carbonyl (C=O) groups excluding carboxylic acids is 1. The summed E-state index contributed by atoms with van der Waals surface area (Å²) in [7, 11) is 0. The minimum Gasteiger partial charge on any atom is -0.312 e. The van der Waals surface area contributed by atoms with E-state index >= 15 is 0 Å². The molecule has 1 aromatic carbocycles. The number of rotatable bonds is 2. The molecule has 90 valence electrons. The number of nitrogens with zero attached hydrogens (tertiary/aromatic N) is 1. The summed E-state index contributed by atoms with van der Waals surface area (Å²) in [6.45, 7) is 2.46. The Morgan fingerprint density at radius 1 is 1.47 bits per heavy atom. The maximum absolute atomic E-state index is 13.9. The molecule has 0 bridgehead atoms. The molecule has 2 rings (SSSR count). The number of hydrogen-bond donors (Lipinski definition) is 0. The summed E-state index contributed by atoms with van der Waals surface area (Å²) < 4.78 is 14.5. The van der Waals surface area contributed by atoms with Crippen LogP contribution in [0.5, 0.6) is 0 Å². The molecule has 0 aromatic heterocycles. The van der Waals surface area contributed by atoms with E-state index in [2.05, 4.69) is 15.9 Å². The molecule has 0 aliphatic carbocycles. The first-order chi connectivity index (χ1) is 8.15. The summed E-state index contributed by atoms with van der Waals surface area (Å²) in [5.41, 5.74) is 1.15. The van der Waals surface area contributed by atoms with Crippen molar-refractivity contribution >= 4 is 27.5 Å². The van der Waals surface area contributed by atoms with Gasteiger partial charge in [0, 0.05) is 23.0 Å². The highest BCUT2D eigenvalue weighted by molar-refractivity contribution is 9.10. The van der Waals surface area contributed by atoms with Gasteiger partial charge in [0.2, 0.25) is 5.91 Å². The first-order valence-corrected chi connectivity index (χ1v) is 6.39. The molecule has 1 heterocycles. The molecule has 17 heavy (non-hydrogen) atoms. The molecule has 0 radical (unpaired) electrons. The van der Waals surface area contributed by atoms with Crippen LogP contribution < -0.4 is 0 Å². The van der Waals surface area contributed by atoms with Gasteiger partial charge < -0.3 is 4.90 Å². The van der Waals surface area contributed by atoms with Crippen molar-refractivity contribution in [3.63, 3.8) is 0 Å². The van der Waals surface area contributed by atoms with Gasteiger partial charge in [0.1, 0.15) is 5.82 Å². The van der Waals surface area contributed by atoms with Crippen LogP contribution in [0, 0.1) is 5.82 Å². The molecule has 0 fully saturated rings. The standard InChI is InChI=1S/C13H13BrFNO/c1-2-16-11(7-4-8-12(16)17)13-9(14)5-3-6-10(13)15/h3,5-7H,2,4,8H2,1H3. The highest BCUT2D eigenvalue weighted by Crippen LogP contribution is 2.32. The van der Waals surface area contributed by atoms with Crippen LogP contribution in [-0.2, 0) is 4.79 Å². The van der Waals surface area contributed by atoms with Gasteiger partial charge in [-0.1, -0.05) is 12.1 Å². The van der Waals surface area contributed by atoms with Crippen LogP contribution >= 0.6 is 15.9 Å². The molecular weight excluding hydrogens is 285 g/mol. The van der Waals surface area contributed by atoms with Crippen molar-refractivity contribution in [3.05, 3.63) is 40.1 Å². The summed E-state index contributed by atoms with van der Waals surface area (Å²) >= 11 is 3.34. The Morgan fingerprint density at radius 3 is 2.88 bits per heavy atom. The van der Waals surface area contributed by atoms with E-state index < -0.39 is 0 Å². The second-order valence-electron chi connectivity index (χ2n) is 3.86. The lowest BCUT2D eigenvalue weighted by atomic mass is 10.0. The molecule has 1 aliphatic rings. The molecule has 0 atom stereocenters. The summed E-state index contributed by atoms with van der Waals surface area (Å²) in [6, 6.07) is 4.84. The summed E-state index contributed by atoms with van der Waals surface area (Å²) in [5.74, 6) is -0.251. The number of allylic oxidation sites excluding steroid dienone is 1. The van der Waals surface area contributed by atoms with Crippen LogP contribution in [0.2, 0.25) is 0 Å². The van der Waals surface area contributed by atoms with Gasteiger partial charge >= 0.3 is 0 Å². The monoisotopic (exact) mass is 297 g/mol. The Labute approximate surface area is 108 Å². The van der Waals surface area contributed by atoms with Crippen LogP contribution in [0.25, 0.3) is 5.70 Å². The minimum atomic E-state index is -0.307. The molecule has 0 N–H and O–H groups in total. The van der Waals surface area contributed by atoms with Crippen LogP contribution in [0.3, 0.4) is 0 Å². The van der Waals surface area contributed by atoms with Crippen LogP contribution in [0.15, 0.2) is 28.7 Å². The van der Waals surface area contributed by atoms with Crippen LogP contribution in [0.4, 0.5) is 4.39 Å². The van der Waals surface area contributed by atoms with Crippen molar-refractivity contribution in [2.45, 2.75) is 19.8 Å². The van der Waals surface area contributed by atoms with Gasteiger partial charge in [-0.15, -0.1) is 0 Å². The molecule has 0 saturated heterocycles. The predicted molar refractivity (Wildman–Crippen MR) is 68.7 cm³/mol. The third kappa shape index (κ3) is 2.27. The Bertz CT molecular complexity index is 464. The molecule has 1 aromatic rings. The summed E-state index contributed by atoms with van der Waals surface area (Å²) in [6.07, 6.45) is 3.10. The van der Waals surface area contributed by atoms with Crippen molar-refractivity contribution in [1.82, 2.24) is 4.90 Å². The zero-order valence-electron chi connectivity index (χ0n) is 9.54. The van der Waals surface area contributed by atoms with Crippen molar-refractivity contribution in [2.24, 2.45) is 0 Å². The quantitative estimate of drug-likeness (QED) is 0.817. The lowest BCUT2D eigenvalue weighted by Gasteiger charge is -2.28. The van der Waals surface area contributed by atoms with E-state index in [1.807, 2.05) is 13.0 Å². The van der Waals surface area contributed by atoms with E-state index in [1.165, 1.54) is 6.07 Å². The largest absolute Gasteiger partial charge is 0.312 e. The maximum atomic E-state index is 13.9. The molecule has 0 saturated carbocycles. The second-order valence-corrected chi connectivity index (χ2v) is 4.72. The first-order valence-electron chi connectivity index (χ1n) is 5.60. The van der Waals surface area contributed by atoms with Gasteiger partial charge in [0.25, 0.3) is 0 Å². The van der Waals surface area contributed by atoms with Crippen LogP contribution in [0.1, 0.15) is 25.3 Å². The van der Waals surface area contributed by atoms with Gasteiger partial charge in [-0.2, -0.15) is 0 Å². The Morgan fingerprint density at radius 2 is 2.24 bits per heavy atom. The van der Waals surface area contributed by atoms with E-state index in [9.17, 15) is 9.18 Å². The molecule has 2 nitrogen and oxygen atoms in total. The number of carbonyl (C=O) groups is 1. The van der Waals surface area contributed by atoms with Crippen molar-refractivity contribution in [3.8, 4) is 0 Å². The number of hydrogen-bond acceptors (Lipinski definition) is 1. The molecule has 1 aliphatic heterocycles. The van der Waals surface area contributed by atoms with Crippen molar-refractivity contribution in [1.29, 1.82) is 0 Å². The van der Waals surface area contributed by atoms with E-state index in [1.54, 1.807) is 17.0 Å². The lowest BCUT2D eigenvalue weighted by molar-refractivity contribution is -0.128. The van der Waals surface area contributed by atoms with E-state index in [4.69, 9.17) is 0 Å². The van der Waals surface area contributed by atoms with Gasteiger partial charge in [-0.25, -0.2) is 4.39 Å². The SMILES string of the molecule is CCN1C(=O)CCC=C1c1c(F)cccc1Br. The highest BCUT2D eigenvalue weighted by atomic mass is 79.9. The smallest absolute Gasteiger partial charge is 0.227 e. The molecule has 0 unspecified atom stereocenters. The zero-order chi connectivity index (χ0) is 12.4.